The molecule has 0 unspecified atom stereocenters. The quantitative estimate of drug-likeness (QED) is 0.628. The van der Waals surface area contributed by atoms with E-state index in [1.165, 1.54) is 24.0 Å². The van der Waals surface area contributed by atoms with Crippen molar-refractivity contribution >= 4 is 28.2 Å². The molecular weight excluding hydrogens is 334 g/mol. The normalized spacial score (nSPS) is 13.2. The number of rotatable bonds is 5. The van der Waals surface area contributed by atoms with Crippen molar-refractivity contribution in [3.8, 4) is 0 Å². The van der Waals surface area contributed by atoms with Gasteiger partial charge in [-0.1, -0.05) is 42.5 Å². The Balaban J connectivity index is 1.36. The maximum atomic E-state index is 12.5. The first kappa shape index (κ1) is 17.5. The molecular formula is C24H23NO2. The molecule has 0 heterocycles. The summed E-state index contributed by atoms with van der Waals surface area (Å²) in [7, 11) is 0. The Morgan fingerprint density at radius 2 is 1.56 bits per heavy atom. The number of nitrogens with one attached hydrogen (secondary N) is 1. The molecule has 1 N–H and O–H groups in total. The fraction of sp³-hybridized carbons (Fsp3) is 0.250. The minimum atomic E-state index is -0.128. The first-order valence-electron chi connectivity index (χ1n) is 9.63. The summed E-state index contributed by atoms with van der Waals surface area (Å²) in [5.41, 5.74) is 4.16. The number of fused-ring (bicyclic) bond motifs is 2. The van der Waals surface area contributed by atoms with E-state index in [0.29, 0.717) is 0 Å². The highest BCUT2D eigenvalue weighted by Crippen LogP contribution is 2.23. The van der Waals surface area contributed by atoms with Gasteiger partial charge in [0.25, 0.3) is 0 Å². The van der Waals surface area contributed by atoms with Crippen LogP contribution in [0.25, 0.3) is 10.8 Å². The number of aryl methyl sites for hydroxylation is 2. The van der Waals surface area contributed by atoms with E-state index in [4.69, 9.17) is 0 Å². The number of amides is 1. The molecule has 0 radical (unpaired) electrons. The number of carbonyl (C=O) groups excluding carboxylic acids is 2. The molecule has 0 aromatic heterocycles. The Morgan fingerprint density at radius 3 is 2.41 bits per heavy atom. The van der Waals surface area contributed by atoms with Crippen molar-refractivity contribution < 1.29 is 9.59 Å². The van der Waals surface area contributed by atoms with Crippen LogP contribution in [0.15, 0.2) is 60.7 Å². The summed E-state index contributed by atoms with van der Waals surface area (Å²) in [5.74, 6) is -0.0892. The minimum Gasteiger partial charge on any atom is -0.326 e. The van der Waals surface area contributed by atoms with Crippen LogP contribution in [0.1, 0.15) is 47.2 Å². The van der Waals surface area contributed by atoms with E-state index in [1.54, 1.807) is 0 Å². The van der Waals surface area contributed by atoms with E-state index in [0.717, 1.165) is 34.9 Å². The van der Waals surface area contributed by atoms with Crippen molar-refractivity contribution in [2.45, 2.75) is 38.5 Å². The van der Waals surface area contributed by atoms with E-state index in [9.17, 15) is 9.59 Å². The highest BCUT2D eigenvalue weighted by atomic mass is 16.2. The number of hydrogen-bond donors (Lipinski definition) is 1. The first-order valence-corrected chi connectivity index (χ1v) is 9.63. The van der Waals surface area contributed by atoms with Gasteiger partial charge in [-0.3, -0.25) is 9.59 Å². The molecule has 136 valence electrons. The zero-order chi connectivity index (χ0) is 18.6. The minimum absolute atomic E-state index is 0.0389. The van der Waals surface area contributed by atoms with Crippen LogP contribution in [-0.4, -0.2) is 11.7 Å². The summed E-state index contributed by atoms with van der Waals surface area (Å²) in [6, 6.07) is 19.9. The number of ketones is 1. The highest BCUT2D eigenvalue weighted by Gasteiger charge is 2.14. The largest absolute Gasteiger partial charge is 0.326 e. The van der Waals surface area contributed by atoms with Gasteiger partial charge in [0.05, 0.1) is 0 Å². The molecule has 3 aromatic carbocycles. The lowest BCUT2D eigenvalue weighted by Crippen LogP contribution is -2.14. The third-order valence-electron chi connectivity index (χ3n) is 5.28. The van der Waals surface area contributed by atoms with E-state index in [1.807, 2.05) is 54.6 Å². The van der Waals surface area contributed by atoms with Crippen molar-refractivity contribution in [3.05, 3.63) is 77.4 Å². The molecule has 0 saturated carbocycles. The van der Waals surface area contributed by atoms with Crippen LogP contribution < -0.4 is 5.32 Å². The number of carbonyl (C=O) groups is 2. The fourth-order valence-electron chi connectivity index (χ4n) is 3.77. The summed E-state index contributed by atoms with van der Waals surface area (Å²) in [6.45, 7) is 0. The zero-order valence-electron chi connectivity index (χ0n) is 15.3. The summed E-state index contributed by atoms with van der Waals surface area (Å²) < 4.78 is 0. The third-order valence-corrected chi connectivity index (χ3v) is 5.28. The second kappa shape index (κ2) is 7.75. The average molecular weight is 357 g/mol. The Labute approximate surface area is 159 Å². The van der Waals surface area contributed by atoms with Crippen molar-refractivity contribution in [1.82, 2.24) is 0 Å². The zero-order valence-corrected chi connectivity index (χ0v) is 15.3. The van der Waals surface area contributed by atoms with Crippen LogP contribution in [0.2, 0.25) is 0 Å². The van der Waals surface area contributed by atoms with Gasteiger partial charge >= 0.3 is 0 Å². The van der Waals surface area contributed by atoms with Crippen LogP contribution in [0.5, 0.6) is 0 Å². The molecule has 27 heavy (non-hydrogen) atoms. The predicted molar refractivity (Wildman–Crippen MR) is 109 cm³/mol. The van der Waals surface area contributed by atoms with E-state index in [2.05, 4.69) is 11.4 Å². The maximum Gasteiger partial charge on any atom is 0.224 e. The van der Waals surface area contributed by atoms with Gasteiger partial charge in [-0.25, -0.2) is 0 Å². The van der Waals surface area contributed by atoms with E-state index < -0.39 is 0 Å². The molecule has 4 rings (SSSR count). The molecule has 0 aliphatic heterocycles. The first-order chi connectivity index (χ1) is 13.2. The summed E-state index contributed by atoms with van der Waals surface area (Å²) >= 11 is 0. The van der Waals surface area contributed by atoms with Crippen molar-refractivity contribution in [3.63, 3.8) is 0 Å². The standard InChI is InChI=1S/C24H23NO2/c26-23(21-10-9-17-5-1-3-7-19(17)15-21)13-14-24(27)25-22-12-11-18-6-2-4-8-20(18)16-22/h2,4,6,8-12,15-16H,1,3,5,7,13-14H2,(H,25,27). The lowest BCUT2D eigenvalue weighted by molar-refractivity contribution is -0.116. The van der Waals surface area contributed by atoms with Gasteiger partial charge in [-0.15, -0.1) is 0 Å². The van der Waals surface area contributed by atoms with Gasteiger partial charge < -0.3 is 5.32 Å². The number of benzene rings is 3. The molecule has 1 aliphatic rings. The molecule has 3 heteroatoms. The Morgan fingerprint density at radius 1 is 0.778 bits per heavy atom. The SMILES string of the molecule is O=C(CCC(=O)c1ccc2c(c1)CCCC2)Nc1ccc2ccccc2c1. The van der Waals surface area contributed by atoms with Crippen LogP contribution in [0.3, 0.4) is 0 Å². The van der Waals surface area contributed by atoms with Gasteiger partial charge in [-0.05, 0) is 65.8 Å². The van der Waals surface area contributed by atoms with E-state index >= 15 is 0 Å². The van der Waals surface area contributed by atoms with Crippen LogP contribution >= 0.6 is 0 Å². The second-order valence-corrected chi connectivity index (χ2v) is 7.22. The Hall–Kier alpha value is -2.94. The van der Waals surface area contributed by atoms with Crippen molar-refractivity contribution in [1.29, 1.82) is 0 Å². The van der Waals surface area contributed by atoms with Crippen LogP contribution in [0.4, 0.5) is 5.69 Å². The van der Waals surface area contributed by atoms with Crippen molar-refractivity contribution in [2.24, 2.45) is 0 Å². The predicted octanol–water partition coefficient (Wildman–Crippen LogP) is 5.32. The summed E-state index contributed by atoms with van der Waals surface area (Å²) in [4.78, 5) is 24.7. The van der Waals surface area contributed by atoms with Crippen LogP contribution in [-0.2, 0) is 17.6 Å². The topological polar surface area (TPSA) is 46.2 Å². The lowest BCUT2D eigenvalue weighted by Gasteiger charge is -2.16. The Kier molecular flexibility index (Phi) is 5.01. The molecule has 0 bridgehead atoms. The fourth-order valence-corrected chi connectivity index (χ4v) is 3.77. The number of anilines is 1. The van der Waals surface area contributed by atoms with Crippen LogP contribution in [0, 0.1) is 0 Å². The summed E-state index contributed by atoms with van der Waals surface area (Å²) in [6.07, 6.45) is 5.02. The molecule has 0 fully saturated rings. The molecule has 0 spiro atoms. The summed E-state index contributed by atoms with van der Waals surface area (Å²) in [5, 5.41) is 5.12. The molecule has 3 aromatic rings. The lowest BCUT2D eigenvalue weighted by atomic mass is 9.89. The monoisotopic (exact) mass is 357 g/mol. The van der Waals surface area contributed by atoms with Crippen molar-refractivity contribution in [2.75, 3.05) is 5.32 Å². The molecule has 0 atom stereocenters. The molecule has 1 amide bonds. The Bertz CT molecular complexity index is 1010. The van der Waals surface area contributed by atoms with Gasteiger partial charge in [0, 0.05) is 24.1 Å². The van der Waals surface area contributed by atoms with Gasteiger partial charge in [0.1, 0.15) is 0 Å². The molecule has 1 aliphatic carbocycles. The smallest absolute Gasteiger partial charge is 0.224 e. The molecule has 0 saturated heterocycles. The van der Waals surface area contributed by atoms with E-state index in [-0.39, 0.29) is 24.5 Å². The molecule has 3 nitrogen and oxygen atoms in total. The highest BCUT2D eigenvalue weighted by molar-refractivity contribution is 6.00. The van der Waals surface area contributed by atoms with Gasteiger partial charge in [0.2, 0.25) is 5.91 Å². The second-order valence-electron chi connectivity index (χ2n) is 7.22. The number of Topliss-reactive ketones (excluding diaryl/α,β-unsaturated/α-hetero) is 1. The third kappa shape index (κ3) is 4.08. The van der Waals surface area contributed by atoms with Gasteiger partial charge in [0.15, 0.2) is 5.78 Å². The maximum absolute atomic E-state index is 12.5. The van der Waals surface area contributed by atoms with Gasteiger partial charge in [-0.2, -0.15) is 0 Å². The average Bonchev–Trinajstić information content (AvgIpc) is 2.71. The number of hydrogen-bond acceptors (Lipinski definition) is 2.